The molecule has 0 amide bonds. The summed E-state index contributed by atoms with van der Waals surface area (Å²) in [5.74, 6) is 0.952. The number of hydrogen-bond acceptors (Lipinski definition) is 3. The molecule has 2 aromatic carbocycles. The van der Waals surface area contributed by atoms with Crippen molar-refractivity contribution in [3.8, 4) is 5.75 Å². The van der Waals surface area contributed by atoms with E-state index in [1.54, 1.807) is 7.11 Å². The Morgan fingerprint density at radius 1 is 1.10 bits per heavy atom. The van der Waals surface area contributed by atoms with Gasteiger partial charge in [0.2, 0.25) is 0 Å². The van der Waals surface area contributed by atoms with Crippen LogP contribution >= 0.6 is 0 Å². The lowest BCUT2D eigenvalue weighted by atomic mass is 10.1. The zero-order valence-electron chi connectivity index (χ0n) is 13.3. The Morgan fingerprint density at radius 3 is 2.57 bits per heavy atom. The van der Waals surface area contributed by atoms with Crippen molar-refractivity contribution in [2.45, 2.75) is 19.4 Å². The molecule has 0 bridgehead atoms. The Hall–Kier alpha value is -2.16. The van der Waals surface area contributed by atoms with Gasteiger partial charge in [-0.15, -0.1) is 0 Å². The van der Waals surface area contributed by atoms with E-state index in [1.165, 1.54) is 11.3 Å². The number of methoxy groups -OCH3 is 1. The molecule has 0 radical (unpaired) electrons. The van der Waals surface area contributed by atoms with Gasteiger partial charge in [-0.2, -0.15) is 0 Å². The maximum Gasteiger partial charge on any atom is 0.122 e. The molecule has 2 aromatic rings. The molecule has 1 N–H and O–H groups in total. The van der Waals surface area contributed by atoms with Gasteiger partial charge in [-0.3, -0.25) is 0 Å². The molecule has 0 aliphatic carbocycles. The molecular formula is C18H24N2O. The molecular weight excluding hydrogens is 260 g/mol. The molecule has 1 unspecified atom stereocenters. The van der Waals surface area contributed by atoms with Crippen molar-refractivity contribution in [1.29, 1.82) is 0 Å². The van der Waals surface area contributed by atoms with Gasteiger partial charge in [0.1, 0.15) is 5.75 Å². The van der Waals surface area contributed by atoms with Gasteiger partial charge in [0.05, 0.1) is 7.11 Å². The van der Waals surface area contributed by atoms with Crippen LogP contribution in [-0.4, -0.2) is 27.2 Å². The smallest absolute Gasteiger partial charge is 0.122 e. The van der Waals surface area contributed by atoms with Crippen LogP contribution < -0.4 is 15.0 Å². The number of para-hydroxylation sites is 1. The average molecular weight is 284 g/mol. The minimum Gasteiger partial charge on any atom is -0.496 e. The van der Waals surface area contributed by atoms with E-state index in [-0.39, 0.29) is 0 Å². The summed E-state index contributed by atoms with van der Waals surface area (Å²) >= 11 is 0. The minimum atomic E-state index is 0.332. The molecule has 0 aliphatic heterocycles. The molecule has 0 heterocycles. The van der Waals surface area contributed by atoms with Gasteiger partial charge in [0.15, 0.2) is 0 Å². The highest BCUT2D eigenvalue weighted by Gasteiger charge is 2.08. The van der Waals surface area contributed by atoms with Crippen LogP contribution in [0.15, 0.2) is 48.5 Å². The Labute approximate surface area is 127 Å². The summed E-state index contributed by atoms with van der Waals surface area (Å²) in [5.41, 5.74) is 3.57. The van der Waals surface area contributed by atoms with Gasteiger partial charge < -0.3 is 15.0 Å². The number of benzene rings is 2. The lowest BCUT2D eigenvalue weighted by Gasteiger charge is -2.19. The van der Waals surface area contributed by atoms with Crippen LogP contribution in [0, 0.1) is 0 Å². The van der Waals surface area contributed by atoms with Gasteiger partial charge in [0.25, 0.3) is 0 Å². The molecule has 0 saturated carbocycles. The highest BCUT2D eigenvalue weighted by atomic mass is 16.5. The van der Waals surface area contributed by atoms with E-state index in [1.807, 2.05) is 12.1 Å². The van der Waals surface area contributed by atoms with Crippen molar-refractivity contribution < 1.29 is 4.74 Å². The van der Waals surface area contributed by atoms with Crippen LogP contribution in [0.4, 0.5) is 11.4 Å². The SMILES string of the molecule is COc1ccccc1CC(C)Nc1cccc(N(C)C)c1. The summed E-state index contributed by atoms with van der Waals surface area (Å²) in [6.45, 7) is 2.19. The standard InChI is InChI=1S/C18H24N2O/c1-14(12-15-8-5-6-11-18(15)21-4)19-16-9-7-10-17(13-16)20(2)3/h5-11,13-14,19H,12H2,1-4H3. The Bertz CT molecular complexity index is 581. The van der Waals surface area contributed by atoms with Crippen molar-refractivity contribution in [2.24, 2.45) is 0 Å². The van der Waals surface area contributed by atoms with Crippen molar-refractivity contribution in [1.82, 2.24) is 0 Å². The third-order valence-corrected chi connectivity index (χ3v) is 3.49. The molecule has 112 valence electrons. The third kappa shape index (κ3) is 4.15. The van der Waals surface area contributed by atoms with E-state index in [9.17, 15) is 0 Å². The maximum atomic E-state index is 5.41. The monoisotopic (exact) mass is 284 g/mol. The van der Waals surface area contributed by atoms with Crippen molar-refractivity contribution in [3.63, 3.8) is 0 Å². The fourth-order valence-corrected chi connectivity index (χ4v) is 2.41. The number of nitrogens with zero attached hydrogens (tertiary/aromatic N) is 1. The van der Waals surface area contributed by atoms with Crippen LogP contribution in [0.3, 0.4) is 0 Å². The van der Waals surface area contributed by atoms with Gasteiger partial charge in [0, 0.05) is 31.5 Å². The number of ether oxygens (including phenoxy) is 1. The summed E-state index contributed by atoms with van der Waals surface area (Å²) in [6.07, 6.45) is 0.927. The van der Waals surface area contributed by atoms with E-state index < -0.39 is 0 Å². The molecule has 0 aliphatic rings. The molecule has 0 aromatic heterocycles. The maximum absolute atomic E-state index is 5.41. The normalized spacial score (nSPS) is 11.8. The topological polar surface area (TPSA) is 24.5 Å². The zero-order valence-corrected chi connectivity index (χ0v) is 13.3. The molecule has 0 fully saturated rings. The Morgan fingerprint density at radius 2 is 1.86 bits per heavy atom. The first-order valence-electron chi connectivity index (χ1n) is 7.26. The van der Waals surface area contributed by atoms with E-state index >= 15 is 0 Å². The summed E-state index contributed by atoms with van der Waals surface area (Å²) in [4.78, 5) is 2.11. The van der Waals surface area contributed by atoms with Crippen LogP contribution in [0.2, 0.25) is 0 Å². The molecule has 3 heteroatoms. The molecule has 1 atom stereocenters. The van der Waals surface area contributed by atoms with Crippen LogP contribution in [0.25, 0.3) is 0 Å². The molecule has 0 saturated heterocycles. The summed E-state index contributed by atoms with van der Waals surface area (Å²) in [5, 5.41) is 3.55. The van der Waals surface area contributed by atoms with Crippen molar-refractivity contribution in [2.75, 3.05) is 31.4 Å². The van der Waals surface area contributed by atoms with Crippen molar-refractivity contribution >= 4 is 11.4 Å². The van der Waals surface area contributed by atoms with Gasteiger partial charge in [-0.05, 0) is 43.2 Å². The average Bonchev–Trinajstić information content (AvgIpc) is 2.48. The second-order valence-corrected chi connectivity index (χ2v) is 5.51. The lowest BCUT2D eigenvalue weighted by Crippen LogP contribution is -2.19. The van der Waals surface area contributed by atoms with E-state index in [0.717, 1.165) is 17.9 Å². The largest absolute Gasteiger partial charge is 0.496 e. The fourth-order valence-electron chi connectivity index (χ4n) is 2.41. The summed E-state index contributed by atoms with van der Waals surface area (Å²) < 4.78 is 5.41. The lowest BCUT2D eigenvalue weighted by molar-refractivity contribution is 0.409. The minimum absolute atomic E-state index is 0.332. The van der Waals surface area contributed by atoms with E-state index in [0.29, 0.717) is 6.04 Å². The third-order valence-electron chi connectivity index (χ3n) is 3.49. The number of anilines is 2. The van der Waals surface area contributed by atoms with Gasteiger partial charge in [-0.25, -0.2) is 0 Å². The van der Waals surface area contributed by atoms with Crippen molar-refractivity contribution in [3.05, 3.63) is 54.1 Å². The molecule has 21 heavy (non-hydrogen) atoms. The predicted molar refractivity (Wildman–Crippen MR) is 90.6 cm³/mol. The van der Waals surface area contributed by atoms with Gasteiger partial charge in [-0.1, -0.05) is 24.3 Å². The van der Waals surface area contributed by atoms with Gasteiger partial charge >= 0.3 is 0 Å². The molecule has 2 rings (SSSR count). The van der Waals surface area contributed by atoms with Crippen LogP contribution in [-0.2, 0) is 6.42 Å². The van der Waals surface area contributed by atoms with Crippen LogP contribution in [0.1, 0.15) is 12.5 Å². The highest BCUT2D eigenvalue weighted by molar-refractivity contribution is 5.57. The summed E-state index contributed by atoms with van der Waals surface area (Å²) in [7, 11) is 5.83. The first kappa shape index (κ1) is 15.2. The molecule has 0 spiro atoms. The summed E-state index contributed by atoms with van der Waals surface area (Å²) in [6, 6.07) is 17.0. The fraction of sp³-hybridized carbons (Fsp3) is 0.333. The highest BCUT2D eigenvalue weighted by Crippen LogP contribution is 2.22. The first-order valence-corrected chi connectivity index (χ1v) is 7.26. The number of rotatable bonds is 6. The van der Waals surface area contributed by atoms with E-state index in [4.69, 9.17) is 4.74 Å². The second-order valence-electron chi connectivity index (χ2n) is 5.51. The Kier molecular flexibility index (Phi) is 5.09. The Balaban J connectivity index is 2.04. The van der Waals surface area contributed by atoms with E-state index in [2.05, 4.69) is 67.6 Å². The zero-order chi connectivity index (χ0) is 15.2. The number of nitrogens with one attached hydrogen (secondary N) is 1. The van der Waals surface area contributed by atoms with Crippen LogP contribution in [0.5, 0.6) is 5.75 Å². The molecule has 3 nitrogen and oxygen atoms in total. The quantitative estimate of drug-likeness (QED) is 0.873. The number of hydrogen-bond donors (Lipinski definition) is 1. The predicted octanol–water partition coefficient (Wildman–Crippen LogP) is 3.80. The second kappa shape index (κ2) is 7.02. The first-order chi connectivity index (χ1) is 10.1.